The van der Waals surface area contributed by atoms with Crippen LogP contribution in [0.25, 0.3) is 0 Å². The Hall–Kier alpha value is -0.890. The number of hydrogen-bond donors (Lipinski definition) is 1. The Morgan fingerprint density at radius 2 is 1.71 bits per heavy atom. The Labute approximate surface area is 86.5 Å². The van der Waals surface area contributed by atoms with Crippen molar-refractivity contribution in [1.29, 1.82) is 0 Å². The van der Waals surface area contributed by atoms with Crippen LogP contribution < -0.4 is 5.73 Å². The monoisotopic (exact) mass is 192 g/mol. The van der Waals surface area contributed by atoms with E-state index >= 15 is 0 Å². The Bertz CT molecular complexity index is 287. The molecule has 0 aromatic carbocycles. The summed E-state index contributed by atoms with van der Waals surface area (Å²) >= 11 is 0. The third-order valence-corrected chi connectivity index (χ3v) is 2.27. The fraction of sp³-hybridized carbons (Fsp3) is 0.583. The number of nitrogens with two attached hydrogens (primary N) is 1. The first-order valence-electron chi connectivity index (χ1n) is 4.97. The molecule has 2 N–H and O–H groups in total. The minimum absolute atomic E-state index is 0.0846. The van der Waals surface area contributed by atoms with Gasteiger partial charge in [0.15, 0.2) is 0 Å². The normalized spacial score (nSPS) is 13.0. The Morgan fingerprint density at radius 3 is 2.14 bits per heavy atom. The largest absolute Gasteiger partial charge is 0.322 e. The van der Waals surface area contributed by atoms with Crippen LogP contribution in [0, 0.1) is 0 Å². The molecule has 0 atom stereocenters. The van der Waals surface area contributed by atoms with Crippen LogP contribution in [0.3, 0.4) is 0 Å². The lowest BCUT2D eigenvalue weighted by atomic mass is 9.88. The first-order chi connectivity index (χ1) is 6.21. The molecule has 0 saturated heterocycles. The molecule has 0 saturated carbocycles. The van der Waals surface area contributed by atoms with Gasteiger partial charge in [-0.3, -0.25) is 4.98 Å². The Morgan fingerprint density at radius 1 is 1.14 bits per heavy atom. The van der Waals surface area contributed by atoms with Crippen molar-refractivity contribution in [1.82, 2.24) is 4.98 Å². The molecule has 0 aliphatic heterocycles. The zero-order chi connectivity index (χ0) is 11.0. The Balaban J connectivity index is 3.15. The van der Waals surface area contributed by atoms with Gasteiger partial charge in [-0.15, -0.1) is 0 Å². The summed E-state index contributed by atoms with van der Waals surface area (Å²) in [5.74, 6) is 0. The van der Waals surface area contributed by atoms with Gasteiger partial charge in [-0.2, -0.15) is 0 Å². The fourth-order valence-corrected chi connectivity index (χ4v) is 1.24. The maximum absolute atomic E-state index is 6.04. The highest BCUT2D eigenvalue weighted by molar-refractivity contribution is 5.26. The van der Waals surface area contributed by atoms with Crippen LogP contribution in [0.2, 0.25) is 0 Å². The van der Waals surface area contributed by atoms with Gasteiger partial charge in [0.25, 0.3) is 0 Å². The first kappa shape index (κ1) is 11.2. The molecule has 14 heavy (non-hydrogen) atoms. The van der Waals surface area contributed by atoms with E-state index in [-0.39, 0.29) is 11.0 Å². The zero-order valence-electron chi connectivity index (χ0n) is 9.76. The van der Waals surface area contributed by atoms with Gasteiger partial charge in [0.1, 0.15) is 0 Å². The standard InChI is InChI=1S/C12H20N2/c1-11(2,3)10-8-9(6-7-14-10)12(4,5)13/h6-8H,13H2,1-5H3. The van der Waals surface area contributed by atoms with Crippen molar-refractivity contribution in [3.63, 3.8) is 0 Å². The number of rotatable bonds is 1. The van der Waals surface area contributed by atoms with Crippen LogP contribution in [0.15, 0.2) is 18.3 Å². The van der Waals surface area contributed by atoms with Crippen molar-refractivity contribution >= 4 is 0 Å². The SMILES string of the molecule is CC(C)(C)c1cc(C(C)(C)N)ccn1. The van der Waals surface area contributed by atoms with Crippen LogP contribution in [-0.2, 0) is 11.0 Å². The molecular weight excluding hydrogens is 172 g/mol. The molecule has 0 radical (unpaired) electrons. The van der Waals surface area contributed by atoms with Crippen molar-refractivity contribution in [3.8, 4) is 0 Å². The molecule has 0 aliphatic rings. The van der Waals surface area contributed by atoms with Crippen molar-refractivity contribution < 1.29 is 0 Å². The smallest absolute Gasteiger partial charge is 0.0460 e. The summed E-state index contributed by atoms with van der Waals surface area (Å²) in [6.07, 6.45) is 1.84. The van der Waals surface area contributed by atoms with Crippen LogP contribution in [0.4, 0.5) is 0 Å². The lowest BCUT2D eigenvalue weighted by molar-refractivity contribution is 0.536. The average Bonchev–Trinajstić information content (AvgIpc) is 2.01. The maximum Gasteiger partial charge on any atom is 0.0460 e. The molecule has 0 amide bonds. The van der Waals surface area contributed by atoms with E-state index in [1.165, 1.54) is 0 Å². The van der Waals surface area contributed by atoms with Crippen LogP contribution in [0.1, 0.15) is 45.9 Å². The summed E-state index contributed by atoms with van der Waals surface area (Å²) in [6.45, 7) is 10.5. The van der Waals surface area contributed by atoms with Gasteiger partial charge in [0, 0.05) is 22.8 Å². The highest BCUT2D eigenvalue weighted by atomic mass is 14.7. The van der Waals surface area contributed by atoms with Crippen LogP contribution in [-0.4, -0.2) is 4.98 Å². The summed E-state index contributed by atoms with van der Waals surface area (Å²) in [5.41, 5.74) is 8.06. The van der Waals surface area contributed by atoms with Gasteiger partial charge in [0.2, 0.25) is 0 Å². The van der Waals surface area contributed by atoms with E-state index in [2.05, 4.69) is 31.8 Å². The molecule has 0 bridgehead atoms. The molecule has 0 unspecified atom stereocenters. The van der Waals surface area contributed by atoms with E-state index < -0.39 is 0 Å². The third kappa shape index (κ3) is 2.55. The topological polar surface area (TPSA) is 38.9 Å². The summed E-state index contributed by atoms with van der Waals surface area (Å²) in [5, 5.41) is 0. The van der Waals surface area contributed by atoms with E-state index in [0.717, 1.165) is 11.3 Å². The zero-order valence-corrected chi connectivity index (χ0v) is 9.76. The fourth-order valence-electron chi connectivity index (χ4n) is 1.24. The predicted molar refractivity (Wildman–Crippen MR) is 60.2 cm³/mol. The number of nitrogens with zero attached hydrogens (tertiary/aromatic N) is 1. The average molecular weight is 192 g/mol. The van der Waals surface area contributed by atoms with E-state index in [4.69, 9.17) is 5.73 Å². The van der Waals surface area contributed by atoms with Crippen LogP contribution >= 0.6 is 0 Å². The van der Waals surface area contributed by atoms with Gasteiger partial charge in [-0.05, 0) is 31.5 Å². The predicted octanol–water partition coefficient (Wildman–Crippen LogP) is 2.57. The van der Waals surface area contributed by atoms with Gasteiger partial charge < -0.3 is 5.73 Å². The molecule has 2 nitrogen and oxygen atoms in total. The molecule has 2 heteroatoms. The lowest BCUT2D eigenvalue weighted by Gasteiger charge is -2.23. The molecule has 1 aromatic heterocycles. The number of pyridine rings is 1. The summed E-state index contributed by atoms with van der Waals surface area (Å²) in [6, 6.07) is 4.08. The molecule has 1 aromatic rings. The second-order valence-corrected chi connectivity index (χ2v) is 5.40. The first-order valence-corrected chi connectivity index (χ1v) is 4.97. The van der Waals surface area contributed by atoms with E-state index in [0.29, 0.717) is 0 Å². The summed E-state index contributed by atoms with van der Waals surface area (Å²) < 4.78 is 0. The third-order valence-electron chi connectivity index (χ3n) is 2.27. The van der Waals surface area contributed by atoms with Crippen molar-refractivity contribution in [3.05, 3.63) is 29.6 Å². The minimum Gasteiger partial charge on any atom is -0.322 e. The van der Waals surface area contributed by atoms with E-state index in [1.807, 2.05) is 26.1 Å². The van der Waals surface area contributed by atoms with Gasteiger partial charge in [-0.25, -0.2) is 0 Å². The van der Waals surface area contributed by atoms with E-state index in [1.54, 1.807) is 0 Å². The van der Waals surface area contributed by atoms with Crippen LogP contribution in [0.5, 0.6) is 0 Å². The maximum atomic E-state index is 6.04. The quantitative estimate of drug-likeness (QED) is 0.742. The molecule has 1 rings (SSSR count). The summed E-state index contributed by atoms with van der Waals surface area (Å²) in [7, 11) is 0. The number of aromatic nitrogens is 1. The second-order valence-electron chi connectivity index (χ2n) is 5.40. The second kappa shape index (κ2) is 3.35. The van der Waals surface area contributed by atoms with Gasteiger partial charge >= 0.3 is 0 Å². The molecule has 78 valence electrons. The highest BCUT2D eigenvalue weighted by Gasteiger charge is 2.19. The molecule has 0 fully saturated rings. The van der Waals surface area contributed by atoms with Crippen molar-refractivity contribution in [2.24, 2.45) is 5.73 Å². The molecule has 1 heterocycles. The van der Waals surface area contributed by atoms with Crippen molar-refractivity contribution in [2.75, 3.05) is 0 Å². The number of hydrogen-bond acceptors (Lipinski definition) is 2. The Kier molecular flexibility index (Phi) is 2.68. The molecular formula is C12H20N2. The molecule has 0 aliphatic carbocycles. The minimum atomic E-state index is -0.289. The van der Waals surface area contributed by atoms with Crippen molar-refractivity contribution in [2.45, 2.75) is 45.6 Å². The van der Waals surface area contributed by atoms with Gasteiger partial charge in [0.05, 0.1) is 0 Å². The highest BCUT2D eigenvalue weighted by Crippen LogP contribution is 2.24. The van der Waals surface area contributed by atoms with E-state index in [9.17, 15) is 0 Å². The van der Waals surface area contributed by atoms with Gasteiger partial charge in [-0.1, -0.05) is 20.8 Å². The molecule has 0 spiro atoms. The lowest BCUT2D eigenvalue weighted by Crippen LogP contribution is -2.29. The summed E-state index contributed by atoms with van der Waals surface area (Å²) in [4.78, 5) is 4.37.